The van der Waals surface area contributed by atoms with E-state index in [9.17, 15) is 18.3 Å². The number of unbranched alkanes of at least 4 members (excludes halogenated alkanes) is 2. The van der Waals surface area contributed by atoms with Gasteiger partial charge in [-0.05, 0) is 24.0 Å². The molecular weight excluding hydrogens is 304 g/mol. The van der Waals surface area contributed by atoms with E-state index in [1.54, 1.807) is 18.2 Å². The van der Waals surface area contributed by atoms with E-state index in [2.05, 4.69) is 4.72 Å². The third-order valence-corrected chi connectivity index (χ3v) is 4.77. The van der Waals surface area contributed by atoms with Crippen LogP contribution in [0.1, 0.15) is 37.3 Å². The van der Waals surface area contributed by atoms with Crippen LogP contribution in [0.2, 0.25) is 0 Å². The zero-order chi connectivity index (χ0) is 16.6. The Balaban J connectivity index is 2.75. The van der Waals surface area contributed by atoms with E-state index in [0.29, 0.717) is 13.0 Å². The number of carboxylic acid groups (broad SMARTS) is 1. The molecule has 0 saturated heterocycles. The maximum atomic E-state index is 11.9. The molecule has 124 valence electrons. The number of rotatable bonds is 10. The van der Waals surface area contributed by atoms with Crippen molar-refractivity contribution < 1.29 is 18.3 Å². The molecule has 7 heteroatoms. The summed E-state index contributed by atoms with van der Waals surface area (Å²) in [5.74, 6) is -1.23. The molecule has 0 heterocycles. The maximum Gasteiger partial charge on any atom is 0.322 e. The van der Waals surface area contributed by atoms with Gasteiger partial charge in [0.05, 0.1) is 5.75 Å². The quantitative estimate of drug-likeness (QED) is 0.560. The van der Waals surface area contributed by atoms with Crippen LogP contribution in [0.15, 0.2) is 24.3 Å². The van der Waals surface area contributed by atoms with Crippen LogP contribution in [0.3, 0.4) is 0 Å². The first kappa shape index (κ1) is 18.6. The fraction of sp³-hybridized carbons (Fsp3) is 0.533. The highest BCUT2D eigenvalue weighted by atomic mass is 32.2. The molecule has 1 aromatic rings. The van der Waals surface area contributed by atoms with Gasteiger partial charge in [0, 0.05) is 6.54 Å². The van der Waals surface area contributed by atoms with Crippen molar-refractivity contribution in [2.75, 3.05) is 5.75 Å². The van der Waals surface area contributed by atoms with E-state index < -0.39 is 22.0 Å². The molecule has 4 N–H and O–H groups in total. The predicted molar refractivity (Wildman–Crippen MR) is 85.9 cm³/mol. The van der Waals surface area contributed by atoms with E-state index in [-0.39, 0.29) is 12.2 Å². The van der Waals surface area contributed by atoms with Crippen LogP contribution < -0.4 is 10.5 Å². The van der Waals surface area contributed by atoms with E-state index in [4.69, 9.17) is 5.73 Å². The van der Waals surface area contributed by atoms with Crippen molar-refractivity contribution >= 4 is 16.0 Å². The number of carboxylic acids is 1. The number of carbonyl (C=O) groups is 1. The zero-order valence-electron chi connectivity index (χ0n) is 12.8. The van der Waals surface area contributed by atoms with Gasteiger partial charge in [-0.25, -0.2) is 13.1 Å². The lowest BCUT2D eigenvalue weighted by atomic mass is 10.0. The zero-order valence-corrected chi connectivity index (χ0v) is 13.6. The molecule has 0 aliphatic rings. The van der Waals surface area contributed by atoms with Crippen LogP contribution in [-0.2, 0) is 27.8 Å². The van der Waals surface area contributed by atoms with Gasteiger partial charge in [-0.3, -0.25) is 4.79 Å². The van der Waals surface area contributed by atoms with Crippen molar-refractivity contribution in [1.82, 2.24) is 4.72 Å². The van der Waals surface area contributed by atoms with Gasteiger partial charge in [-0.2, -0.15) is 0 Å². The molecule has 1 rings (SSSR count). The Morgan fingerprint density at radius 2 is 2.00 bits per heavy atom. The number of hydrogen-bond acceptors (Lipinski definition) is 4. The number of benzene rings is 1. The van der Waals surface area contributed by atoms with Crippen molar-refractivity contribution in [3.05, 3.63) is 35.4 Å². The lowest BCUT2D eigenvalue weighted by Gasteiger charge is -2.15. The first-order valence-corrected chi connectivity index (χ1v) is 9.04. The average Bonchev–Trinajstić information content (AvgIpc) is 2.46. The van der Waals surface area contributed by atoms with Gasteiger partial charge >= 0.3 is 5.97 Å². The number of sulfonamides is 1. The van der Waals surface area contributed by atoms with E-state index in [1.807, 2.05) is 13.0 Å². The van der Waals surface area contributed by atoms with Crippen LogP contribution >= 0.6 is 0 Å². The van der Waals surface area contributed by atoms with Crippen LogP contribution in [0.5, 0.6) is 0 Å². The van der Waals surface area contributed by atoms with Crippen LogP contribution in [0, 0.1) is 0 Å². The fourth-order valence-electron chi connectivity index (χ4n) is 2.12. The van der Waals surface area contributed by atoms with Gasteiger partial charge in [0.2, 0.25) is 10.0 Å². The standard InChI is InChI=1S/C15H24N2O4S/c1-2-3-4-8-22(20,21)17-14(15(18)19)10-12-6-5-7-13(9-12)11-16/h5-7,9,14,17H,2-4,8,10-11,16H2,1H3,(H,18,19). The minimum Gasteiger partial charge on any atom is -0.480 e. The first-order chi connectivity index (χ1) is 10.4. The van der Waals surface area contributed by atoms with Gasteiger partial charge in [-0.15, -0.1) is 0 Å². The largest absolute Gasteiger partial charge is 0.480 e. The predicted octanol–water partition coefficient (Wildman–Crippen LogP) is 1.25. The second kappa shape index (κ2) is 8.87. The first-order valence-electron chi connectivity index (χ1n) is 7.38. The summed E-state index contributed by atoms with van der Waals surface area (Å²) in [5, 5.41) is 9.24. The highest BCUT2D eigenvalue weighted by Crippen LogP contribution is 2.09. The third-order valence-electron chi connectivity index (χ3n) is 3.30. The Kier molecular flexibility index (Phi) is 7.50. The second-order valence-electron chi connectivity index (χ2n) is 5.26. The molecule has 1 atom stereocenters. The molecule has 0 aromatic heterocycles. The van der Waals surface area contributed by atoms with Crippen molar-refractivity contribution in [3.8, 4) is 0 Å². The molecule has 0 radical (unpaired) electrons. The Bertz CT molecular complexity index is 587. The topological polar surface area (TPSA) is 109 Å². The van der Waals surface area contributed by atoms with E-state index in [1.165, 1.54) is 0 Å². The second-order valence-corrected chi connectivity index (χ2v) is 7.14. The molecule has 0 spiro atoms. The highest BCUT2D eigenvalue weighted by Gasteiger charge is 2.24. The molecule has 0 aliphatic carbocycles. The summed E-state index contributed by atoms with van der Waals surface area (Å²) in [7, 11) is -3.59. The van der Waals surface area contributed by atoms with Gasteiger partial charge in [0.1, 0.15) is 6.04 Å². The summed E-state index contributed by atoms with van der Waals surface area (Å²) >= 11 is 0. The van der Waals surface area contributed by atoms with Gasteiger partial charge in [0.25, 0.3) is 0 Å². The number of aliphatic carboxylic acids is 1. The summed E-state index contributed by atoms with van der Waals surface area (Å²) in [6, 6.07) is 6.02. The third kappa shape index (κ3) is 6.55. The molecule has 6 nitrogen and oxygen atoms in total. The highest BCUT2D eigenvalue weighted by molar-refractivity contribution is 7.89. The molecule has 0 fully saturated rings. The van der Waals surface area contributed by atoms with Crippen LogP contribution in [0.25, 0.3) is 0 Å². The number of nitrogens with one attached hydrogen (secondary N) is 1. The summed E-state index contributed by atoms with van der Waals surface area (Å²) < 4.78 is 26.2. The Labute approximate surface area is 131 Å². The number of nitrogens with two attached hydrogens (primary N) is 1. The molecule has 0 saturated carbocycles. The van der Waals surface area contributed by atoms with Crippen LogP contribution in [-0.4, -0.2) is 31.3 Å². The van der Waals surface area contributed by atoms with Crippen molar-refractivity contribution in [1.29, 1.82) is 0 Å². The molecule has 22 heavy (non-hydrogen) atoms. The van der Waals surface area contributed by atoms with E-state index >= 15 is 0 Å². The van der Waals surface area contributed by atoms with Crippen LogP contribution in [0.4, 0.5) is 0 Å². The lowest BCUT2D eigenvalue weighted by molar-refractivity contribution is -0.138. The molecule has 0 amide bonds. The summed E-state index contributed by atoms with van der Waals surface area (Å²) in [5.41, 5.74) is 7.18. The molecule has 1 unspecified atom stereocenters. The summed E-state index contributed by atoms with van der Waals surface area (Å²) in [6.45, 7) is 2.33. The van der Waals surface area contributed by atoms with Gasteiger partial charge in [0.15, 0.2) is 0 Å². The fourth-order valence-corrected chi connectivity index (χ4v) is 3.44. The molecule has 0 aliphatic heterocycles. The number of hydrogen-bond donors (Lipinski definition) is 3. The lowest BCUT2D eigenvalue weighted by Crippen LogP contribution is -2.43. The monoisotopic (exact) mass is 328 g/mol. The molecular formula is C15H24N2O4S. The van der Waals surface area contributed by atoms with Gasteiger partial charge < -0.3 is 10.8 Å². The smallest absolute Gasteiger partial charge is 0.322 e. The van der Waals surface area contributed by atoms with E-state index in [0.717, 1.165) is 24.0 Å². The van der Waals surface area contributed by atoms with Crippen molar-refractivity contribution in [3.63, 3.8) is 0 Å². The average molecular weight is 328 g/mol. The Hall–Kier alpha value is -1.44. The van der Waals surface area contributed by atoms with Gasteiger partial charge in [-0.1, -0.05) is 44.0 Å². The summed E-state index contributed by atoms with van der Waals surface area (Å²) in [4.78, 5) is 11.3. The molecule has 1 aromatic carbocycles. The van der Waals surface area contributed by atoms with Crippen molar-refractivity contribution in [2.45, 2.75) is 45.2 Å². The maximum absolute atomic E-state index is 11.9. The normalized spacial score (nSPS) is 13.0. The molecule has 0 bridgehead atoms. The minimum atomic E-state index is -3.59. The Morgan fingerprint density at radius 1 is 1.32 bits per heavy atom. The van der Waals surface area contributed by atoms with Crippen molar-refractivity contribution in [2.24, 2.45) is 5.73 Å². The Morgan fingerprint density at radius 3 is 2.59 bits per heavy atom. The SMILES string of the molecule is CCCCCS(=O)(=O)NC(Cc1cccc(CN)c1)C(=O)O. The minimum absolute atomic E-state index is 0.0482. The summed E-state index contributed by atoms with van der Waals surface area (Å²) in [6.07, 6.45) is 2.33.